The number of pyridine rings is 1. The Balaban J connectivity index is 0.00000141. The summed E-state index contributed by atoms with van der Waals surface area (Å²) in [7, 11) is 1.38. The minimum Gasteiger partial charge on any atom is -0.493 e. The zero-order valence-electron chi connectivity index (χ0n) is 19.1. The van der Waals surface area contributed by atoms with Crippen molar-refractivity contribution in [2.75, 3.05) is 25.6 Å². The summed E-state index contributed by atoms with van der Waals surface area (Å²) in [6, 6.07) is 16.5. The number of fused-ring (bicyclic) bond motifs is 1. The number of aryl methyl sites for hydroxylation is 1. The van der Waals surface area contributed by atoms with E-state index in [0.717, 1.165) is 17.1 Å². The van der Waals surface area contributed by atoms with Crippen molar-refractivity contribution >= 4 is 23.4 Å². The molecule has 6 heteroatoms. The van der Waals surface area contributed by atoms with Gasteiger partial charge in [-0.05, 0) is 48.7 Å². The fourth-order valence-electron chi connectivity index (χ4n) is 3.57. The summed E-state index contributed by atoms with van der Waals surface area (Å²) >= 11 is 1.75. The maximum absolute atomic E-state index is 12.0. The Bertz CT molecular complexity index is 1050. The fourth-order valence-corrected chi connectivity index (χ4v) is 4.51. The SMILES string of the molecule is CC.COC(=O)c1ccncc1NCC1CCOc2cc(Sc3ccccc3C)ccc21. The lowest BCUT2D eigenvalue weighted by Crippen LogP contribution is -2.21. The van der Waals surface area contributed by atoms with Crippen LogP contribution in [-0.4, -0.2) is 31.2 Å². The summed E-state index contributed by atoms with van der Waals surface area (Å²) in [5, 5.41) is 3.38. The van der Waals surface area contributed by atoms with E-state index in [-0.39, 0.29) is 11.9 Å². The van der Waals surface area contributed by atoms with Gasteiger partial charge in [-0.1, -0.05) is 49.9 Å². The van der Waals surface area contributed by atoms with Crippen LogP contribution in [0.5, 0.6) is 5.75 Å². The number of anilines is 1. The Labute approximate surface area is 194 Å². The van der Waals surface area contributed by atoms with Crippen molar-refractivity contribution in [3.63, 3.8) is 0 Å². The number of rotatable bonds is 6. The summed E-state index contributed by atoms with van der Waals surface area (Å²) in [6.07, 6.45) is 4.17. The lowest BCUT2D eigenvalue weighted by atomic mass is 9.93. The summed E-state index contributed by atoms with van der Waals surface area (Å²) in [6.45, 7) is 7.49. The molecule has 0 saturated heterocycles. The third-order valence-corrected chi connectivity index (χ3v) is 6.40. The molecule has 1 aliphatic rings. The first-order valence-corrected chi connectivity index (χ1v) is 11.7. The molecule has 0 fully saturated rings. The number of hydrogen-bond donors (Lipinski definition) is 1. The molecule has 2 aromatic carbocycles. The van der Waals surface area contributed by atoms with Gasteiger partial charge in [0.15, 0.2) is 0 Å². The fraction of sp³-hybridized carbons (Fsp3) is 0.308. The topological polar surface area (TPSA) is 60.5 Å². The second-order valence-corrected chi connectivity index (χ2v) is 8.31. The van der Waals surface area contributed by atoms with Crippen LogP contribution < -0.4 is 10.1 Å². The predicted octanol–water partition coefficient (Wildman–Crippen LogP) is 6.33. The smallest absolute Gasteiger partial charge is 0.340 e. The first kappa shape index (κ1) is 23.7. The molecule has 0 radical (unpaired) electrons. The molecule has 0 spiro atoms. The monoisotopic (exact) mass is 450 g/mol. The van der Waals surface area contributed by atoms with Crippen molar-refractivity contribution in [1.82, 2.24) is 4.98 Å². The molecule has 1 aliphatic heterocycles. The van der Waals surface area contributed by atoms with Gasteiger partial charge in [0.25, 0.3) is 0 Å². The number of benzene rings is 2. The van der Waals surface area contributed by atoms with Crippen LogP contribution in [0.1, 0.15) is 47.7 Å². The van der Waals surface area contributed by atoms with Gasteiger partial charge < -0.3 is 14.8 Å². The lowest BCUT2D eigenvalue weighted by Gasteiger charge is -2.27. The minimum atomic E-state index is -0.370. The van der Waals surface area contributed by atoms with E-state index >= 15 is 0 Å². The van der Waals surface area contributed by atoms with E-state index in [2.05, 4.69) is 59.7 Å². The first-order chi connectivity index (χ1) is 15.7. The van der Waals surface area contributed by atoms with Crippen molar-refractivity contribution in [2.45, 2.75) is 42.9 Å². The molecule has 1 atom stereocenters. The number of nitrogens with one attached hydrogen (secondary N) is 1. The van der Waals surface area contributed by atoms with Gasteiger partial charge >= 0.3 is 5.97 Å². The average molecular weight is 451 g/mol. The van der Waals surface area contributed by atoms with Gasteiger partial charge in [0.1, 0.15) is 5.75 Å². The second-order valence-electron chi connectivity index (χ2n) is 7.19. The van der Waals surface area contributed by atoms with Crippen LogP contribution in [0.3, 0.4) is 0 Å². The Kier molecular flexibility index (Phi) is 8.56. The van der Waals surface area contributed by atoms with E-state index in [0.29, 0.717) is 24.4 Å². The number of hydrogen-bond acceptors (Lipinski definition) is 6. The molecule has 1 aromatic heterocycles. The molecule has 1 unspecified atom stereocenters. The molecular weight excluding hydrogens is 420 g/mol. The molecule has 0 amide bonds. The molecule has 0 saturated carbocycles. The van der Waals surface area contributed by atoms with Crippen LogP contribution in [0.4, 0.5) is 5.69 Å². The van der Waals surface area contributed by atoms with Crippen LogP contribution in [0.25, 0.3) is 0 Å². The normalized spacial score (nSPS) is 14.3. The lowest BCUT2D eigenvalue weighted by molar-refractivity contribution is 0.0601. The van der Waals surface area contributed by atoms with Crippen molar-refractivity contribution in [2.24, 2.45) is 0 Å². The zero-order valence-corrected chi connectivity index (χ0v) is 19.9. The van der Waals surface area contributed by atoms with Crippen molar-refractivity contribution < 1.29 is 14.3 Å². The molecule has 5 nitrogen and oxygen atoms in total. The number of carbonyl (C=O) groups excluding carboxylic acids is 1. The Morgan fingerprint density at radius 1 is 1.22 bits per heavy atom. The van der Waals surface area contributed by atoms with Crippen LogP contribution in [-0.2, 0) is 4.74 Å². The quantitative estimate of drug-likeness (QED) is 0.443. The van der Waals surface area contributed by atoms with Crippen LogP contribution in [0.2, 0.25) is 0 Å². The van der Waals surface area contributed by atoms with Crippen LogP contribution in [0.15, 0.2) is 70.7 Å². The Morgan fingerprint density at radius 2 is 2.03 bits per heavy atom. The van der Waals surface area contributed by atoms with Crippen molar-refractivity contribution in [3.05, 3.63) is 77.6 Å². The van der Waals surface area contributed by atoms with E-state index in [1.165, 1.54) is 23.1 Å². The Hall–Kier alpha value is -2.99. The van der Waals surface area contributed by atoms with E-state index < -0.39 is 0 Å². The first-order valence-electron chi connectivity index (χ1n) is 10.9. The van der Waals surface area contributed by atoms with E-state index in [1.54, 1.807) is 30.2 Å². The number of aromatic nitrogens is 1. The Morgan fingerprint density at radius 3 is 2.81 bits per heavy atom. The maximum atomic E-state index is 12.0. The molecule has 4 rings (SSSR count). The molecule has 32 heavy (non-hydrogen) atoms. The van der Waals surface area contributed by atoms with Gasteiger partial charge in [-0.3, -0.25) is 4.98 Å². The highest BCUT2D eigenvalue weighted by molar-refractivity contribution is 7.99. The molecule has 2 heterocycles. The highest BCUT2D eigenvalue weighted by Gasteiger charge is 2.23. The number of ether oxygens (including phenoxy) is 2. The highest BCUT2D eigenvalue weighted by atomic mass is 32.2. The van der Waals surface area contributed by atoms with Gasteiger partial charge in [-0.2, -0.15) is 0 Å². The van der Waals surface area contributed by atoms with Gasteiger partial charge in [-0.15, -0.1) is 0 Å². The largest absolute Gasteiger partial charge is 0.493 e. The minimum absolute atomic E-state index is 0.289. The number of carbonyl (C=O) groups is 1. The number of esters is 1. The average Bonchev–Trinajstić information content (AvgIpc) is 2.85. The third-order valence-electron chi connectivity index (χ3n) is 5.24. The summed E-state index contributed by atoms with van der Waals surface area (Å²) in [5.41, 5.74) is 3.63. The van der Waals surface area contributed by atoms with Crippen molar-refractivity contribution in [3.8, 4) is 5.75 Å². The number of methoxy groups -OCH3 is 1. The zero-order chi connectivity index (χ0) is 22.9. The van der Waals surface area contributed by atoms with E-state index in [1.807, 2.05) is 13.8 Å². The van der Waals surface area contributed by atoms with Crippen molar-refractivity contribution in [1.29, 1.82) is 0 Å². The van der Waals surface area contributed by atoms with Gasteiger partial charge in [0, 0.05) is 28.5 Å². The molecule has 0 bridgehead atoms. The summed E-state index contributed by atoms with van der Waals surface area (Å²) < 4.78 is 10.8. The third kappa shape index (κ3) is 5.62. The van der Waals surface area contributed by atoms with Crippen LogP contribution >= 0.6 is 11.8 Å². The van der Waals surface area contributed by atoms with E-state index in [4.69, 9.17) is 9.47 Å². The molecule has 1 N–H and O–H groups in total. The van der Waals surface area contributed by atoms with E-state index in [9.17, 15) is 4.79 Å². The highest BCUT2D eigenvalue weighted by Crippen LogP contribution is 2.39. The molecule has 3 aromatic rings. The molecule has 0 aliphatic carbocycles. The summed E-state index contributed by atoms with van der Waals surface area (Å²) in [4.78, 5) is 18.5. The standard InChI is InChI=1S/C24H24N2O3S.C2H6/c1-16-5-3-4-6-23(16)30-18-7-8-19-17(10-12-29-22(19)13-18)14-26-21-15-25-11-9-20(21)24(27)28-2;1-2/h3-9,11,13,15,17,26H,10,12,14H2,1-2H3;1-2H3. The summed E-state index contributed by atoms with van der Waals surface area (Å²) in [5.74, 6) is 0.855. The van der Waals surface area contributed by atoms with Gasteiger partial charge in [0.05, 0.1) is 31.2 Å². The molecular formula is C26H30N2O3S. The van der Waals surface area contributed by atoms with Crippen LogP contribution in [0, 0.1) is 6.92 Å². The molecule has 168 valence electrons. The maximum Gasteiger partial charge on any atom is 0.340 e. The van der Waals surface area contributed by atoms with Gasteiger partial charge in [-0.25, -0.2) is 4.79 Å². The van der Waals surface area contributed by atoms with Gasteiger partial charge in [0.2, 0.25) is 0 Å². The number of nitrogens with zero attached hydrogens (tertiary/aromatic N) is 1. The predicted molar refractivity (Wildman–Crippen MR) is 130 cm³/mol. The second kappa shape index (κ2) is 11.6.